The van der Waals surface area contributed by atoms with Crippen LogP contribution in [0, 0.1) is 22.2 Å². The molecule has 5 N–H and O–H groups in total. The third-order valence-electron chi connectivity index (χ3n) is 4.42. The van der Waals surface area contributed by atoms with E-state index in [1.807, 2.05) is 14.0 Å². The molecular formula is C17H38N4O2. The molecule has 6 heteroatoms. The summed E-state index contributed by atoms with van der Waals surface area (Å²) in [5.74, 6) is 0.180. The van der Waals surface area contributed by atoms with Gasteiger partial charge >= 0.3 is 5.97 Å². The molecule has 138 valence electrons. The fraction of sp³-hybridized carbons (Fsp3) is 0.882. The number of carbonyl (C=O) groups excluding carboxylic acids is 1. The van der Waals surface area contributed by atoms with Crippen molar-refractivity contribution in [3.63, 3.8) is 0 Å². The second-order valence-electron chi connectivity index (χ2n) is 7.12. The van der Waals surface area contributed by atoms with Crippen LogP contribution < -0.4 is 16.4 Å². The van der Waals surface area contributed by atoms with Gasteiger partial charge in [0.15, 0.2) is 0 Å². The molecule has 0 aromatic heterocycles. The minimum atomic E-state index is -0.452. The highest BCUT2D eigenvalue weighted by Gasteiger charge is 2.47. The molecule has 1 atom stereocenters. The smallest absolute Gasteiger partial charge is 0.312 e. The molecule has 1 unspecified atom stereocenters. The molecule has 0 aliphatic carbocycles. The highest BCUT2D eigenvalue weighted by Crippen LogP contribution is 2.45. The molecule has 0 aliphatic rings. The van der Waals surface area contributed by atoms with Gasteiger partial charge in [-0.3, -0.25) is 10.2 Å². The van der Waals surface area contributed by atoms with E-state index in [9.17, 15) is 4.79 Å². The summed E-state index contributed by atoms with van der Waals surface area (Å²) in [5.41, 5.74) is 3.83. The molecule has 0 amide bonds. The first-order chi connectivity index (χ1) is 10.6. The van der Waals surface area contributed by atoms with Crippen LogP contribution in [-0.2, 0) is 9.53 Å². The first-order valence-electron chi connectivity index (χ1n) is 8.32. The Kier molecular flexibility index (Phi) is 12.9. The molecule has 0 spiro atoms. The predicted molar refractivity (Wildman–Crippen MR) is 97.7 cm³/mol. The molecule has 23 heavy (non-hydrogen) atoms. The standard InChI is InChI=1S/C16H34N2O2.CH4N2/c1-13(2)16(6,15(3,4)5)14(19)20-12-8-9-18-11-10-17-7;2-1-3/h13,17-18H,8-12H2,1-7H3;1H,(H3,2,3). The molecule has 0 radical (unpaired) electrons. The van der Waals surface area contributed by atoms with Gasteiger partial charge in [0.25, 0.3) is 0 Å². The van der Waals surface area contributed by atoms with Crippen LogP contribution in [0.1, 0.15) is 48.0 Å². The van der Waals surface area contributed by atoms with Gasteiger partial charge in [0, 0.05) is 13.1 Å². The maximum atomic E-state index is 12.4. The molecule has 6 nitrogen and oxygen atoms in total. The Morgan fingerprint density at radius 2 is 1.74 bits per heavy atom. The number of hydrogen-bond donors (Lipinski definition) is 4. The summed E-state index contributed by atoms with van der Waals surface area (Å²) in [6.07, 6.45) is 1.60. The van der Waals surface area contributed by atoms with E-state index in [0.29, 0.717) is 6.61 Å². The van der Waals surface area contributed by atoms with Gasteiger partial charge < -0.3 is 21.1 Å². The predicted octanol–water partition coefficient (Wildman–Crippen LogP) is 1.99. The van der Waals surface area contributed by atoms with Crippen molar-refractivity contribution in [2.24, 2.45) is 22.5 Å². The van der Waals surface area contributed by atoms with Crippen LogP contribution in [-0.4, -0.2) is 45.6 Å². The fourth-order valence-corrected chi connectivity index (χ4v) is 2.26. The zero-order chi connectivity index (χ0) is 18.5. The maximum absolute atomic E-state index is 12.4. The second-order valence-corrected chi connectivity index (χ2v) is 7.12. The van der Waals surface area contributed by atoms with Crippen LogP contribution in [0.5, 0.6) is 0 Å². The molecule has 0 saturated heterocycles. The van der Waals surface area contributed by atoms with Gasteiger partial charge in [0.05, 0.1) is 18.4 Å². The zero-order valence-electron chi connectivity index (χ0n) is 16.1. The van der Waals surface area contributed by atoms with Crippen molar-refractivity contribution in [3.05, 3.63) is 0 Å². The average Bonchev–Trinajstić information content (AvgIpc) is 2.44. The third-order valence-corrected chi connectivity index (χ3v) is 4.42. The molecule has 0 aromatic carbocycles. The van der Waals surface area contributed by atoms with Gasteiger partial charge in [-0.05, 0) is 38.3 Å². The molecule has 0 heterocycles. The molecule has 0 rings (SSSR count). The molecule has 0 aliphatic heterocycles. The number of esters is 1. The number of nitrogens with two attached hydrogens (primary N) is 1. The number of hydrogen-bond acceptors (Lipinski definition) is 5. The monoisotopic (exact) mass is 330 g/mol. The summed E-state index contributed by atoms with van der Waals surface area (Å²) in [6.45, 7) is 15.8. The summed E-state index contributed by atoms with van der Waals surface area (Å²) in [4.78, 5) is 12.4. The Hall–Kier alpha value is -1.14. The van der Waals surface area contributed by atoms with Gasteiger partial charge in [-0.1, -0.05) is 34.6 Å². The van der Waals surface area contributed by atoms with Crippen LogP contribution >= 0.6 is 0 Å². The summed E-state index contributed by atoms with van der Waals surface area (Å²) >= 11 is 0. The quantitative estimate of drug-likeness (QED) is 0.224. The number of ether oxygens (including phenoxy) is 1. The number of carbonyl (C=O) groups is 1. The van der Waals surface area contributed by atoms with Crippen molar-refractivity contribution >= 4 is 12.3 Å². The lowest BCUT2D eigenvalue weighted by molar-refractivity contribution is -0.166. The van der Waals surface area contributed by atoms with E-state index in [1.54, 1.807) is 0 Å². The number of rotatable bonds is 9. The van der Waals surface area contributed by atoms with Crippen molar-refractivity contribution in [2.45, 2.75) is 48.0 Å². The van der Waals surface area contributed by atoms with E-state index in [2.05, 4.69) is 51.0 Å². The van der Waals surface area contributed by atoms with Crippen LogP contribution in [0.4, 0.5) is 0 Å². The van der Waals surface area contributed by atoms with Crippen molar-refractivity contribution in [2.75, 3.05) is 33.3 Å². The minimum Gasteiger partial charge on any atom is -0.465 e. The average molecular weight is 331 g/mol. The lowest BCUT2D eigenvalue weighted by atomic mass is 9.62. The van der Waals surface area contributed by atoms with E-state index in [1.165, 1.54) is 0 Å². The first-order valence-corrected chi connectivity index (χ1v) is 8.32. The summed E-state index contributed by atoms with van der Waals surface area (Å²) in [5, 5.41) is 12.2. The van der Waals surface area contributed by atoms with E-state index >= 15 is 0 Å². The molecule has 0 bridgehead atoms. The van der Waals surface area contributed by atoms with Gasteiger partial charge in [-0.25, -0.2) is 0 Å². The molecule has 0 aromatic rings. The third kappa shape index (κ3) is 8.91. The van der Waals surface area contributed by atoms with E-state index in [0.717, 1.165) is 32.4 Å². The van der Waals surface area contributed by atoms with E-state index in [4.69, 9.17) is 10.1 Å². The first kappa shape index (κ1) is 24.1. The second kappa shape index (κ2) is 12.3. The van der Waals surface area contributed by atoms with Crippen LogP contribution in [0.2, 0.25) is 0 Å². The van der Waals surface area contributed by atoms with Crippen LogP contribution in [0.3, 0.4) is 0 Å². The van der Waals surface area contributed by atoms with Gasteiger partial charge in [0.2, 0.25) is 0 Å². The molecule has 0 saturated carbocycles. The van der Waals surface area contributed by atoms with Crippen LogP contribution in [0.15, 0.2) is 0 Å². The number of nitrogens with one attached hydrogen (secondary N) is 3. The lowest BCUT2D eigenvalue weighted by Gasteiger charge is -2.42. The van der Waals surface area contributed by atoms with Crippen molar-refractivity contribution in [1.82, 2.24) is 10.6 Å². The Bertz CT molecular complexity index is 327. The summed E-state index contributed by atoms with van der Waals surface area (Å²) in [6, 6.07) is 0. The SMILES string of the molecule is CNCCNCCCOC(=O)C(C)(C(C)C)C(C)(C)C.N=CN. The summed E-state index contributed by atoms with van der Waals surface area (Å²) in [7, 11) is 1.93. The zero-order valence-corrected chi connectivity index (χ0v) is 16.1. The Morgan fingerprint density at radius 1 is 1.22 bits per heavy atom. The topological polar surface area (TPSA) is 100 Å². The maximum Gasteiger partial charge on any atom is 0.312 e. The normalized spacial score (nSPS) is 13.7. The van der Waals surface area contributed by atoms with E-state index in [-0.39, 0.29) is 17.3 Å². The Labute approximate surface area is 142 Å². The van der Waals surface area contributed by atoms with Gasteiger partial charge in [-0.2, -0.15) is 0 Å². The Balaban J connectivity index is 0. The summed E-state index contributed by atoms with van der Waals surface area (Å²) < 4.78 is 5.51. The highest BCUT2D eigenvalue weighted by molar-refractivity contribution is 5.77. The largest absolute Gasteiger partial charge is 0.465 e. The highest BCUT2D eigenvalue weighted by atomic mass is 16.5. The van der Waals surface area contributed by atoms with E-state index < -0.39 is 5.41 Å². The van der Waals surface area contributed by atoms with Crippen molar-refractivity contribution in [3.8, 4) is 0 Å². The van der Waals surface area contributed by atoms with Gasteiger partial charge in [-0.15, -0.1) is 0 Å². The minimum absolute atomic E-state index is 0.0739. The Morgan fingerprint density at radius 3 is 2.13 bits per heavy atom. The molecular weight excluding hydrogens is 292 g/mol. The van der Waals surface area contributed by atoms with Crippen molar-refractivity contribution in [1.29, 1.82) is 5.41 Å². The fourth-order valence-electron chi connectivity index (χ4n) is 2.26. The van der Waals surface area contributed by atoms with Crippen LogP contribution in [0.25, 0.3) is 0 Å². The van der Waals surface area contributed by atoms with Crippen molar-refractivity contribution < 1.29 is 9.53 Å². The molecule has 0 fully saturated rings. The number of likely N-dealkylation sites (N-methyl/N-ethyl adjacent to an activating group) is 1. The van der Waals surface area contributed by atoms with Gasteiger partial charge in [0.1, 0.15) is 0 Å². The lowest BCUT2D eigenvalue weighted by Crippen LogP contribution is -2.45.